The largest absolute Gasteiger partial charge is 0.497 e. The zero-order valence-corrected chi connectivity index (χ0v) is 14.9. The van der Waals surface area contributed by atoms with Crippen LogP contribution >= 0.6 is 0 Å². The number of hydrogen-bond acceptors (Lipinski definition) is 3. The fourth-order valence-corrected chi connectivity index (χ4v) is 2.55. The molecule has 2 aromatic rings. The molecule has 5 heteroatoms. The van der Waals surface area contributed by atoms with Gasteiger partial charge in [-0.2, -0.15) is 0 Å². The third-order valence-corrected chi connectivity index (χ3v) is 3.87. The highest BCUT2D eigenvalue weighted by atomic mass is 16.5. The molecule has 132 valence electrons. The van der Waals surface area contributed by atoms with Gasteiger partial charge in [-0.15, -0.1) is 0 Å². The molecule has 2 rings (SSSR count). The molecule has 0 radical (unpaired) electrons. The lowest BCUT2D eigenvalue weighted by Crippen LogP contribution is -2.40. The van der Waals surface area contributed by atoms with Crippen molar-refractivity contribution in [3.63, 3.8) is 0 Å². The van der Waals surface area contributed by atoms with Crippen LogP contribution in [0.2, 0.25) is 0 Å². The Morgan fingerprint density at radius 3 is 2.56 bits per heavy atom. The Hall–Kier alpha value is -2.82. The molecule has 0 atom stereocenters. The van der Waals surface area contributed by atoms with Crippen LogP contribution < -0.4 is 15.0 Å². The number of aryl methyl sites for hydroxylation is 1. The van der Waals surface area contributed by atoms with Crippen molar-refractivity contribution in [2.24, 2.45) is 0 Å². The summed E-state index contributed by atoms with van der Waals surface area (Å²) in [5.41, 5.74) is 2.86. The van der Waals surface area contributed by atoms with Crippen molar-refractivity contribution in [1.82, 2.24) is 5.32 Å². The summed E-state index contributed by atoms with van der Waals surface area (Å²) in [5.74, 6) is 0.458. The molecular weight excluding hydrogens is 316 g/mol. The lowest BCUT2D eigenvalue weighted by molar-refractivity contribution is -0.123. The Morgan fingerprint density at radius 1 is 1.12 bits per heavy atom. The quantitative estimate of drug-likeness (QED) is 0.843. The first-order valence-electron chi connectivity index (χ1n) is 8.24. The SMILES string of the molecule is COc1cccc(CCNC(=O)CN(C(C)=O)c2cccc(C)c2)c1. The first kappa shape index (κ1) is 18.5. The van der Waals surface area contributed by atoms with E-state index in [1.165, 1.54) is 11.8 Å². The molecule has 0 aliphatic rings. The van der Waals surface area contributed by atoms with Gasteiger partial charge in [-0.1, -0.05) is 24.3 Å². The number of rotatable bonds is 7. The molecule has 25 heavy (non-hydrogen) atoms. The first-order valence-corrected chi connectivity index (χ1v) is 8.24. The normalized spacial score (nSPS) is 10.2. The van der Waals surface area contributed by atoms with E-state index >= 15 is 0 Å². The van der Waals surface area contributed by atoms with Gasteiger partial charge in [-0.25, -0.2) is 0 Å². The van der Waals surface area contributed by atoms with Crippen molar-refractivity contribution in [3.8, 4) is 5.75 Å². The Bertz CT molecular complexity index is 743. The average molecular weight is 340 g/mol. The topological polar surface area (TPSA) is 58.6 Å². The number of benzene rings is 2. The molecule has 0 aliphatic carbocycles. The van der Waals surface area contributed by atoms with Gasteiger partial charge in [0, 0.05) is 19.2 Å². The molecule has 2 amide bonds. The predicted molar refractivity (Wildman–Crippen MR) is 98.9 cm³/mol. The molecule has 2 aromatic carbocycles. The number of amides is 2. The Morgan fingerprint density at radius 2 is 1.88 bits per heavy atom. The molecule has 0 bridgehead atoms. The smallest absolute Gasteiger partial charge is 0.240 e. The van der Waals surface area contributed by atoms with Crippen LogP contribution in [-0.2, 0) is 16.0 Å². The molecule has 1 N–H and O–H groups in total. The number of methoxy groups -OCH3 is 1. The van der Waals surface area contributed by atoms with Gasteiger partial charge < -0.3 is 15.0 Å². The summed E-state index contributed by atoms with van der Waals surface area (Å²) in [4.78, 5) is 25.6. The van der Waals surface area contributed by atoms with Crippen LogP contribution in [0, 0.1) is 6.92 Å². The van der Waals surface area contributed by atoms with Crippen molar-refractivity contribution in [1.29, 1.82) is 0 Å². The second-order valence-corrected chi connectivity index (χ2v) is 5.90. The summed E-state index contributed by atoms with van der Waals surface area (Å²) in [7, 11) is 1.63. The van der Waals surface area contributed by atoms with Crippen molar-refractivity contribution in [2.75, 3.05) is 25.1 Å². The molecule has 0 aliphatic heterocycles. The minimum atomic E-state index is -0.181. The highest BCUT2D eigenvalue weighted by Gasteiger charge is 2.15. The molecule has 0 unspecified atom stereocenters. The summed E-state index contributed by atoms with van der Waals surface area (Å²) in [6, 6.07) is 15.3. The van der Waals surface area contributed by atoms with Crippen LogP contribution in [0.5, 0.6) is 5.75 Å². The second-order valence-electron chi connectivity index (χ2n) is 5.90. The fourth-order valence-electron chi connectivity index (χ4n) is 2.55. The molecule has 0 fully saturated rings. The van der Waals surface area contributed by atoms with Crippen molar-refractivity contribution >= 4 is 17.5 Å². The number of anilines is 1. The summed E-state index contributed by atoms with van der Waals surface area (Å²) >= 11 is 0. The van der Waals surface area contributed by atoms with Crippen LogP contribution in [0.1, 0.15) is 18.1 Å². The van der Waals surface area contributed by atoms with Gasteiger partial charge in [0.2, 0.25) is 11.8 Å². The van der Waals surface area contributed by atoms with Crippen molar-refractivity contribution in [3.05, 3.63) is 59.7 Å². The van der Waals surface area contributed by atoms with Gasteiger partial charge in [0.25, 0.3) is 0 Å². The minimum absolute atomic E-state index is 0.0108. The second kappa shape index (κ2) is 8.87. The monoisotopic (exact) mass is 340 g/mol. The third-order valence-electron chi connectivity index (χ3n) is 3.87. The van der Waals surface area contributed by atoms with Gasteiger partial charge in [0.05, 0.1) is 7.11 Å². The van der Waals surface area contributed by atoms with Gasteiger partial charge in [-0.3, -0.25) is 9.59 Å². The van der Waals surface area contributed by atoms with E-state index in [0.717, 1.165) is 22.6 Å². The highest BCUT2D eigenvalue weighted by molar-refractivity contribution is 5.97. The number of nitrogens with one attached hydrogen (secondary N) is 1. The molecule has 0 heterocycles. The Balaban J connectivity index is 1.90. The zero-order chi connectivity index (χ0) is 18.2. The molecule has 5 nitrogen and oxygen atoms in total. The maximum atomic E-state index is 12.2. The summed E-state index contributed by atoms with van der Waals surface area (Å²) in [6.45, 7) is 3.93. The van der Waals surface area contributed by atoms with Crippen LogP contribution in [0.15, 0.2) is 48.5 Å². The van der Waals surface area contributed by atoms with Gasteiger partial charge in [0.1, 0.15) is 12.3 Å². The summed E-state index contributed by atoms with van der Waals surface area (Å²) < 4.78 is 5.19. The maximum absolute atomic E-state index is 12.2. The highest BCUT2D eigenvalue weighted by Crippen LogP contribution is 2.16. The number of carbonyl (C=O) groups is 2. The summed E-state index contributed by atoms with van der Waals surface area (Å²) in [6.07, 6.45) is 0.702. The lowest BCUT2D eigenvalue weighted by atomic mass is 10.1. The van der Waals surface area contributed by atoms with Gasteiger partial charge >= 0.3 is 0 Å². The molecular formula is C20H24N2O3. The molecule has 0 saturated heterocycles. The molecule has 0 spiro atoms. The van der Waals surface area contributed by atoms with E-state index in [-0.39, 0.29) is 18.4 Å². The molecule has 0 aromatic heterocycles. The van der Waals surface area contributed by atoms with Crippen LogP contribution in [0.4, 0.5) is 5.69 Å². The van der Waals surface area contributed by atoms with E-state index in [1.54, 1.807) is 7.11 Å². The fraction of sp³-hybridized carbons (Fsp3) is 0.300. The molecule has 0 saturated carbocycles. The Kier molecular flexibility index (Phi) is 6.57. The number of carbonyl (C=O) groups excluding carboxylic acids is 2. The van der Waals surface area contributed by atoms with Gasteiger partial charge in [-0.05, 0) is 48.7 Å². The standard InChI is InChI=1S/C20H24N2O3/c1-15-6-4-8-18(12-15)22(16(2)23)14-20(24)21-11-10-17-7-5-9-19(13-17)25-3/h4-9,12-13H,10-11,14H2,1-3H3,(H,21,24). The number of nitrogens with zero attached hydrogens (tertiary/aromatic N) is 1. The van der Waals surface area contributed by atoms with Gasteiger partial charge in [0.15, 0.2) is 0 Å². The lowest BCUT2D eigenvalue weighted by Gasteiger charge is -2.21. The number of ether oxygens (including phenoxy) is 1. The van der Waals surface area contributed by atoms with E-state index in [4.69, 9.17) is 4.74 Å². The average Bonchev–Trinajstić information content (AvgIpc) is 2.59. The van der Waals surface area contributed by atoms with Crippen molar-refractivity contribution in [2.45, 2.75) is 20.3 Å². The maximum Gasteiger partial charge on any atom is 0.240 e. The van der Waals surface area contributed by atoms with Crippen molar-refractivity contribution < 1.29 is 14.3 Å². The zero-order valence-electron chi connectivity index (χ0n) is 14.9. The van der Waals surface area contributed by atoms with E-state index in [0.29, 0.717) is 13.0 Å². The van der Waals surface area contributed by atoms with E-state index in [2.05, 4.69) is 5.32 Å². The minimum Gasteiger partial charge on any atom is -0.497 e. The van der Waals surface area contributed by atoms with Crippen LogP contribution in [0.3, 0.4) is 0 Å². The van der Waals surface area contributed by atoms with Crippen LogP contribution in [0.25, 0.3) is 0 Å². The summed E-state index contributed by atoms with van der Waals surface area (Å²) in [5, 5.41) is 2.86. The number of hydrogen-bond donors (Lipinski definition) is 1. The van der Waals surface area contributed by atoms with E-state index in [9.17, 15) is 9.59 Å². The predicted octanol–water partition coefficient (Wildman–Crippen LogP) is 2.72. The van der Waals surface area contributed by atoms with E-state index < -0.39 is 0 Å². The van der Waals surface area contributed by atoms with Crippen LogP contribution in [-0.4, -0.2) is 32.0 Å². The first-order chi connectivity index (χ1) is 12.0. The Labute approximate surface area is 148 Å². The van der Waals surface area contributed by atoms with E-state index in [1.807, 2.05) is 55.5 Å². The third kappa shape index (κ3) is 5.64.